The summed E-state index contributed by atoms with van der Waals surface area (Å²) < 4.78 is 17.3. The number of amides is 2. The Morgan fingerprint density at radius 3 is 1.38 bits per heavy atom. The summed E-state index contributed by atoms with van der Waals surface area (Å²) in [5, 5.41) is 5.39. The van der Waals surface area contributed by atoms with Crippen LogP contribution in [0.3, 0.4) is 0 Å². The summed E-state index contributed by atoms with van der Waals surface area (Å²) in [6, 6.07) is 0. The van der Waals surface area contributed by atoms with E-state index in [1.807, 2.05) is 0 Å². The molecule has 0 fully saturated rings. The molecule has 0 saturated heterocycles. The van der Waals surface area contributed by atoms with Gasteiger partial charge in [0, 0.05) is 19.8 Å². The molecule has 0 rings (SSSR count). The first-order valence-electron chi connectivity index (χ1n) is 19.2. The quantitative estimate of drug-likeness (QED) is 0.0697. The van der Waals surface area contributed by atoms with Gasteiger partial charge in [-0.1, -0.05) is 155 Å². The SMILES string of the molecule is CCCCCCCCCCCCCCOC[C@@H](CNC(=O)CNC(=O)OC(C)(C)C)OCCCCCCCCCCCCCC. The molecule has 45 heavy (non-hydrogen) atoms. The summed E-state index contributed by atoms with van der Waals surface area (Å²) in [6.07, 6.45) is 30.9. The number of rotatable bonds is 33. The first-order valence-corrected chi connectivity index (χ1v) is 19.2. The van der Waals surface area contributed by atoms with Crippen LogP contribution < -0.4 is 10.6 Å². The van der Waals surface area contributed by atoms with E-state index in [4.69, 9.17) is 14.2 Å². The average molecular weight is 641 g/mol. The van der Waals surface area contributed by atoms with Crippen LogP contribution in [0.2, 0.25) is 0 Å². The molecule has 0 aromatic heterocycles. The van der Waals surface area contributed by atoms with Crippen molar-refractivity contribution in [1.82, 2.24) is 10.6 Å². The second-order valence-electron chi connectivity index (χ2n) is 14.0. The molecule has 2 amide bonds. The van der Waals surface area contributed by atoms with Crippen LogP contribution in [0.1, 0.15) is 189 Å². The predicted molar refractivity (Wildman–Crippen MR) is 190 cm³/mol. The van der Waals surface area contributed by atoms with Gasteiger partial charge in [0.25, 0.3) is 0 Å². The van der Waals surface area contributed by atoms with E-state index in [0.717, 1.165) is 19.4 Å². The lowest BCUT2D eigenvalue weighted by molar-refractivity contribution is -0.121. The molecular weight excluding hydrogens is 564 g/mol. The summed E-state index contributed by atoms with van der Waals surface area (Å²) in [5.74, 6) is -0.263. The van der Waals surface area contributed by atoms with Gasteiger partial charge in [-0.2, -0.15) is 0 Å². The van der Waals surface area contributed by atoms with E-state index in [0.29, 0.717) is 19.8 Å². The molecule has 0 aliphatic heterocycles. The summed E-state index contributed by atoms with van der Waals surface area (Å²) >= 11 is 0. The highest BCUT2D eigenvalue weighted by atomic mass is 16.6. The van der Waals surface area contributed by atoms with Crippen LogP contribution in [0.15, 0.2) is 0 Å². The summed E-state index contributed by atoms with van der Waals surface area (Å²) in [7, 11) is 0. The fourth-order valence-electron chi connectivity index (χ4n) is 5.38. The van der Waals surface area contributed by atoms with E-state index in [-0.39, 0.29) is 18.6 Å². The molecule has 1 atom stereocenters. The van der Waals surface area contributed by atoms with Crippen molar-refractivity contribution in [2.45, 2.75) is 200 Å². The van der Waals surface area contributed by atoms with Crippen LogP contribution >= 0.6 is 0 Å². The number of ether oxygens (including phenoxy) is 3. The zero-order valence-corrected chi connectivity index (χ0v) is 30.6. The Kier molecular flexibility index (Phi) is 31.6. The third-order valence-corrected chi connectivity index (χ3v) is 8.12. The second kappa shape index (κ2) is 32.6. The lowest BCUT2D eigenvalue weighted by Crippen LogP contribution is -2.43. The number of alkyl carbamates (subject to hydrolysis) is 1. The lowest BCUT2D eigenvalue weighted by Gasteiger charge is -2.20. The van der Waals surface area contributed by atoms with Crippen molar-refractivity contribution in [1.29, 1.82) is 0 Å². The van der Waals surface area contributed by atoms with Gasteiger partial charge in [0.2, 0.25) is 5.91 Å². The van der Waals surface area contributed by atoms with E-state index < -0.39 is 11.7 Å². The van der Waals surface area contributed by atoms with Gasteiger partial charge in [-0.15, -0.1) is 0 Å². The predicted octanol–water partition coefficient (Wildman–Crippen LogP) is 10.4. The van der Waals surface area contributed by atoms with Crippen molar-refractivity contribution in [2.75, 3.05) is 32.9 Å². The van der Waals surface area contributed by atoms with E-state index in [2.05, 4.69) is 24.5 Å². The smallest absolute Gasteiger partial charge is 0.408 e. The fraction of sp³-hybridized carbons (Fsp3) is 0.947. The Morgan fingerprint density at radius 1 is 0.556 bits per heavy atom. The second-order valence-corrected chi connectivity index (χ2v) is 14.0. The van der Waals surface area contributed by atoms with Gasteiger partial charge in [-0.25, -0.2) is 4.79 Å². The average Bonchev–Trinajstić information content (AvgIpc) is 3.00. The van der Waals surface area contributed by atoms with Crippen LogP contribution in [-0.4, -0.2) is 56.6 Å². The standard InChI is InChI=1S/C38H76N2O5/c1-6-8-10-12-14-16-18-20-22-24-26-28-30-43-34-35(32-39-36(41)33-40-37(42)45-38(3,4)5)44-31-29-27-25-23-21-19-17-15-13-11-9-7-2/h35H,6-34H2,1-5H3,(H,39,41)(H,40,42)/t35-/m1/s1. The van der Waals surface area contributed by atoms with Crippen LogP contribution in [0, 0.1) is 0 Å². The Bertz CT molecular complexity index is 653. The number of unbranched alkanes of at least 4 members (excludes halogenated alkanes) is 22. The van der Waals surface area contributed by atoms with Gasteiger partial charge in [0.1, 0.15) is 5.60 Å². The van der Waals surface area contributed by atoms with E-state index >= 15 is 0 Å². The van der Waals surface area contributed by atoms with Gasteiger partial charge in [0.05, 0.1) is 19.3 Å². The normalized spacial score (nSPS) is 12.3. The zero-order chi connectivity index (χ0) is 33.3. The fourth-order valence-corrected chi connectivity index (χ4v) is 5.38. The molecule has 0 aromatic carbocycles. The largest absolute Gasteiger partial charge is 0.444 e. The minimum Gasteiger partial charge on any atom is -0.444 e. The Morgan fingerprint density at radius 2 is 0.956 bits per heavy atom. The van der Waals surface area contributed by atoms with Crippen molar-refractivity contribution >= 4 is 12.0 Å². The van der Waals surface area contributed by atoms with Gasteiger partial charge < -0.3 is 24.8 Å². The molecular formula is C38H76N2O5. The maximum Gasteiger partial charge on any atom is 0.408 e. The minimum atomic E-state index is -0.599. The first kappa shape index (κ1) is 43.7. The maximum absolute atomic E-state index is 12.3. The van der Waals surface area contributed by atoms with E-state index in [1.165, 1.54) is 141 Å². The highest BCUT2D eigenvalue weighted by molar-refractivity contribution is 5.82. The summed E-state index contributed by atoms with van der Waals surface area (Å²) in [6.45, 7) is 12.0. The van der Waals surface area contributed by atoms with Crippen LogP contribution in [0.5, 0.6) is 0 Å². The van der Waals surface area contributed by atoms with Crippen molar-refractivity contribution in [3.05, 3.63) is 0 Å². The zero-order valence-electron chi connectivity index (χ0n) is 30.6. The minimum absolute atomic E-state index is 0.125. The molecule has 0 aliphatic carbocycles. The van der Waals surface area contributed by atoms with E-state index in [1.54, 1.807) is 20.8 Å². The number of carbonyl (C=O) groups is 2. The molecule has 0 aromatic rings. The van der Waals surface area contributed by atoms with Crippen molar-refractivity contribution in [2.24, 2.45) is 0 Å². The lowest BCUT2D eigenvalue weighted by atomic mass is 10.1. The highest BCUT2D eigenvalue weighted by Crippen LogP contribution is 2.13. The third kappa shape index (κ3) is 35.4. The molecule has 0 heterocycles. The topological polar surface area (TPSA) is 85.9 Å². The van der Waals surface area contributed by atoms with Crippen molar-refractivity contribution < 1.29 is 23.8 Å². The van der Waals surface area contributed by atoms with Crippen molar-refractivity contribution in [3.63, 3.8) is 0 Å². The molecule has 0 bridgehead atoms. The van der Waals surface area contributed by atoms with E-state index in [9.17, 15) is 9.59 Å². The van der Waals surface area contributed by atoms with Crippen LogP contribution in [0.25, 0.3) is 0 Å². The monoisotopic (exact) mass is 641 g/mol. The molecule has 0 spiro atoms. The van der Waals surface area contributed by atoms with Gasteiger partial charge in [-0.3, -0.25) is 4.79 Å². The van der Waals surface area contributed by atoms with Crippen molar-refractivity contribution in [3.8, 4) is 0 Å². The molecule has 0 unspecified atom stereocenters. The molecule has 0 saturated carbocycles. The maximum atomic E-state index is 12.3. The number of carbonyl (C=O) groups excluding carboxylic acids is 2. The Labute approximate surface area is 279 Å². The first-order chi connectivity index (χ1) is 21.8. The Hall–Kier alpha value is -1.34. The molecule has 7 heteroatoms. The van der Waals surface area contributed by atoms with Crippen LogP contribution in [0.4, 0.5) is 4.79 Å². The van der Waals surface area contributed by atoms with Gasteiger partial charge in [0.15, 0.2) is 0 Å². The molecule has 7 nitrogen and oxygen atoms in total. The molecule has 0 radical (unpaired) electrons. The van der Waals surface area contributed by atoms with Gasteiger partial charge in [-0.05, 0) is 33.6 Å². The van der Waals surface area contributed by atoms with Crippen LogP contribution in [-0.2, 0) is 19.0 Å². The number of hydrogen-bond donors (Lipinski definition) is 2. The molecule has 0 aliphatic rings. The summed E-state index contributed by atoms with van der Waals surface area (Å²) in [4.78, 5) is 24.2. The Balaban J connectivity index is 4.12. The number of nitrogens with one attached hydrogen (secondary N) is 2. The van der Waals surface area contributed by atoms with Gasteiger partial charge >= 0.3 is 6.09 Å². The molecule has 2 N–H and O–H groups in total. The summed E-state index contributed by atoms with van der Waals surface area (Å²) in [5.41, 5.74) is -0.599. The number of hydrogen-bond acceptors (Lipinski definition) is 5. The molecule has 268 valence electrons. The third-order valence-electron chi connectivity index (χ3n) is 8.12. The highest BCUT2D eigenvalue weighted by Gasteiger charge is 2.17.